The van der Waals surface area contributed by atoms with E-state index in [4.69, 9.17) is 4.42 Å². The number of nitrogens with zero attached hydrogens (tertiary/aromatic N) is 2. The maximum atomic E-state index is 5.47. The minimum Gasteiger partial charge on any atom is -0.425 e. The summed E-state index contributed by atoms with van der Waals surface area (Å²) in [5, 5.41) is 7.97. The van der Waals surface area contributed by atoms with Crippen molar-refractivity contribution in [3.63, 3.8) is 0 Å². The van der Waals surface area contributed by atoms with Gasteiger partial charge in [-0.25, -0.2) is 0 Å². The minimum absolute atomic E-state index is 0.386. The molecule has 3 nitrogen and oxygen atoms in total. The van der Waals surface area contributed by atoms with E-state index in [1.54, 1.807) is 0 Å². The van der Waals surface area contributed by atoms with Crippen molar-refractivity contribution >= 4 is 0 Å². The largest absolute Gasteiger partial charge is 0.425 e. The molecule has 0 bridgehead atoms. The predicted octanol–water partition coefficient (Wildman–Crippen LogP) is 2.15. The average Bonchev–Trinajstić information content (AvgIpc) is 2.52. The molecule has 1 heterocycles. The summed E-state index contributed by atoms with van der Waals surface area (Å²) in [6, 6.07) is 0. The van der Waals surface area contributed by atoms with Crippen LogP contribution in [0.2, 0.25) is 0 Å². The molecule has 0 unspecified atom stereocenters. The third kappa shape index (κ3) is 1.13. The fourth-order valence-corrected chi connectivity index (χ4v) is 1.44. The zero-order valence-electron chi connectivity index (χ0n) is 7.79. The average molecular weight is 166 g/mol. The van der Waals surface area contributed by atoms with Crippen LogP contribution in [0, 0.1) is 5.41 Å². The molecule has 1 aromatic heterocycles. The molecule has 12 heavy (non-hydrogen) atoms. The molecule has 0 saturated heterocycles. The van der Waals surface area contributed by atoms with Crippen LogP contribution in [0.1, 0.15) is 44.9 Å². The Balaban J connectivity index is 2.15. The highest BCUT2D eigenvalue weighted by Crippen LogP contribution is 2.57. The Labute approximate surface area is 72.2 Å². The maximum absolute atomic E-state index is 5.47. The van der Waals surface area contributed by atoms with Gasteiger partial charge in [-0.3, -0.25) is 0 Å². The van der Waals surface area contributed by atoms with Crippen molar-refractivity contribution in [2.24, 2.45) is 5.41 Å². The van der Waals surface area contributed by atoms with Gasteiger partial charge < -0.3 is 4.42 Å². The molecule has 1 fully saturated rings. The highest BCUT2D eigenvalue weighted by Gasteiger charge is 2.50. The van der Waals surface area contributed by atoms with Gasteiger partial charge in [0.1, 0.15) is 0 Å². The van der Waals surface area contributed by atoms with Crippen LogP contribution in [0.25, 0.3) is 0 Å². The summed E-state index contributed by atoms with van der Waals surface area (Å²) in [7, 11) is 0. The summed E-state index contributed by atoms with van der Waals surface area (Å²) >= 11 is 0. The summed E-state index contributed by atoms with van der Waals surface area (Å²) in [6.07, 6.45) is 2.01. The van der Waals surface area contributed by atoms with Crippen LogP contribution in [-0.2, 0) is 6.42 Å². The van der Waals surface area contributed by atoms with E-state index in [9.17, 15) is 0 Å². The number of aromatic nitrogens is 2. The molecule has 0 spiro atoms. The SMILES string of the molecule is CCc1nnc([C@H]2CC2(C)C)o1. The Hall–Kier alpha value is -0.860. The van der Waals surface area contributed by atoms with E-state index in [0.29, 0.717) is 11.3 Å². The van der Waals surface area contributed by atoms with E-state index in [-0.39, 0.29) is 0 Å². The van der Waals surface area contributed by atoms with Crippen molar-refractivity contribution in [2.75, 3.05) is 0 Å². The molecule has 1 aromatic rings. The Morgan fingerprint density at radius 2 is 2.17 bits per heavy atom. The molecule has 2 rings (SSSR count). The van der Waals surface area contributed by atoms with Crippen molar-refractivity contribution in [2.45, 2.75) is 39.5 Å². The zero-order chi connectivity index (χ0) is 8.77. The number of hydrogen-bond acceptors (Lipinski definition) is 3. The van der Waals surface area contributed by atoms with Crippen LogP contribution in [-0.4, -0.2) is 10.2 Å². The van der Waals surface area contributed by atoms with Crippen LogP contribution < -0.4 is 0 Å². The van der Waals surface area contributed by atoms with Gasteiger partial charge in [0.05, 0.1) is 0 Å². The van der Waals surface area contributed by atoms with E-state index in [1.807, 2.05) is 6.92 Å². The predicted molar refractivity (Wildman–Crippen MR) is 44.8 cm³/mol. The molecule has 1 aliphatic rings. The standard InChI is InChI=1S/C9H14N2O/c1-4-7-10-11-8(12-7)6-5-9(6,2)3/h6H,4-5H2,1-3H3/t6-/m1/s1. The van der Waals surface area contributed by atoms with Gasteiger partial charge in [-0.1, -0.05) is 20.8 Å². The van der Waals surface area contributed by atoms with Gasteiger partial charge in [-0.15, -0.1) is 10.2 Å². The Bertz CT molecular complexity index is 290. The van der Waals surface area contributed by atoms with Crippen LogP contribution >= 0.6 is 0 Å². The lowest BCUT2D eigenvalue weighted by Gasteiger charge is -1.95. The lowest BCUT2D eigenvalue weighted by Crippen LogP contribution is -1.89. The molecule has 66 valence electrons. The van der Waals surface area contributed by atoms with Crippen molar-refractivity contribution in [3.8, 4) is 0 Å². The monoisotopic (exact) mass is 166 g/mol. The molecule has 0 N–H and O–H groups in total. The summed E-state index contributed by atoms with van der Waals surface area (Å²) in [6.45, 7) is 6.48. The highest BCUT2D eigenvalue weighted by atomic mass is 16.4. The topological polar surface area (TPSA) is 38.9 Å². The van der Waals surface area contributed by atoms with Crippen molar-refractivity contribution in [1.82, 2.24) is 10.2 Å². The highest BCUT2D eigenvalue weighted by molar-refractivity contribution is 5.12. The molecular formula is C9H14N2O. The van der Waals surface area contributed by atoms with Crippen LogP contribution in [0.3, 0.4) is 0 Å². The third-order valence-corrected chi connectivity index (χ3v) is 2.60. The van der Waals surface area contributed by atoms with Crippen molar-refractivity contribution in [3.05, 3.63) is 11.8 Å². The van der Waals surface area contributed by atoms with Gasteiger partial charge in [-0.2, -0.15) is 0 Å². The maximum Gasteiger partial charge on any atom is 0.220 e. The first kappa shape index (κ1) is 7.77. The Morgan fingerprint density at radius 3 is 2.58 bits per heavy atom. The molecule has 1 saturated carbocycles. The summed E-state index contributed by atoms with van der Waals surface area (Å²) in [4.78, 5) is 0. The normalized spacial score (nSPS) is 25.8. The Kier molecular flexibility index (Phi) is 1.50. The van der Waals surface area contributed by atoms with Gasteiger partial charge in [-0.05, 0) is 11.8 Å². The molecule has 3 heteroatoms. The van der Waals surface area contributed by atoms with E-state index < -0.39 is 0 Å². The molecule has 1 atom stereocenters. The van der Waals surface area contributed by atoms with E-state index in [1.165, 1.54) is 6.42 Å². The summed E-state index contributed by atoms with van der Waals surface area (Å²) in [5.74, 6) is 2.09. The van der Waals surface area contributed by atoms with E-state index in [0.717, 1.165) is 18.2 Å². The molecule has 0 radical (unpaired) electrons. The number of hydrogen-bond donors (Lipinski definition) is 0. The van der Waals surface area contributed by atoms with Crippen LogP contribution in [0.5, 0.6) is 0 Å². The molecule has 0 aromatic carbocycles. The Morgan fingerprint density at radius 1 is 1.50 bits per heavy atom. The van der Waals surface area contributed by atoms with Gasteiger partial charge >= 0.3 is 0 Å². The fourth-order valence-electron chi connectivity index (χ4n) is 1.44. The first-order valence-corrected chi connectivity index (χ1v) is 4.46. The smallest absolute Gasteiger partial charge is 0.220 e. The van der Waals surface area contributed by atoms with Crippen LogP contribution in [0.15, 0.2) is 4.42 Å². The summed E-state index contributed by atoms with van der Waals surface area (Å²) in [5.41, 5.74) is 0.386. The van der Waals surface area contributed by atoms with E-state index in [2.05, 4.69) is 24.0 Å². The lowest BCUT2D eigenvalue weighted by atomic mass is 10.1. The third-order valence-electron chi connectivity index (χ3n) is 2.60. The number of rotatable bonds is 2. The summed E-state index contributed by atoms with van der Waals surface area (Å²) < 4.78 is 5.47. The van der Waals surface area contributed by atoms with Crippen molar-refractivity contribution in [1.29, 1.82) is 0 Å². The first-order chi connectivity index (χ1) is 5.63. The molecule has 0 aliphatic heterocycles. The van der Waals surface area contributed by atoms with Crippen molar-refractivity contribution < 1.29 is 4.42 Å². The fraction of sp³-hybridized carbons (Fsp3) is 0.778. The number of aryl methyl sites for hydroxylation is 1. The van der Waals surface area contributed by atoms with Gasteiger partial charge in [0.25, 0.3) is 0 Å². The van der Waals surface area contributed by atoms with Crippen LogP contribution in [0.4, 0.5) is 0 Å². The van der Waals surface area contributed by atoms with Gasteiger partial charge in [0.15, 0.2) is 0 Å². The second kappa shape index (κ2) is 2.31. The molecule has 0 amide bonds. The first-order valence-electron chi connectivity index (χ1n) is 4.46. The second-order valence-corrected chi connectivity index (χ2v) is 4.13. The van der Waals surface area contributed by atoms with Gasteiger partial charge in [0, 0.05) is 12.3 Å². The molecule has 1 aliphatic carbocycles. The second-order valence-electron chi connectivity index (χ2n) is 4.13. The molecular weight excluding hydrogens is 152 g/mol. The van der Waals surface area contributed by atoms with Gasteiger partial charge in [0.2, 0.25) is 11.8 Å². The quantitative estimate of drug-likeness (QED) is 0.675. The van der Waals surface area contributed by atoms with E-state index >= 15 is 0 Å². The zero-order valence-corrected chi connectivity index (χ0v) is 7.79. The minimum atomic E-state index is 0.386. The lowest BCUT2D eigenvalue weighted by molar-refractivity contribution is 0.436.